The van der Waals surface area contributed by atoms with Crippen molar-refractivity contribution in [2.75, 3.05) is 0 Å². The molecule has 0 aromatic heterocycles. The summed E-state index contributed by atoms with van der Waals surface area (Å²) in [7, 11) is 0. The SMILES string of the molecule is CC(C1CC1)C(N)c1ccccc1C1CCC1. The molecule has 1 aromatic rings. The van der Waals surface area contributed by atoms with Gasteiger partial charge in [0.05, 0.1) is 0 Å². The van der Waals surface area contributed by atoms with E-state index in [0.29, 0.717) is 5.92 Å². The largest absolute Gasteiger partial charge is 0.324 e. The Kier molecular flexibility index (Phi) is 2.96. The first-order valence-corrected chi connectivity index (χ1v) is 7.12. The third-order valence-electron chi connectivity index (χ3n) is 4.83. The summed E-state index contributed by atoms with van der Waals surface area (Å²) < 4.78 is 0. The van der Waals surface area contributed by atoms with Crippen molar-refractivity contribution in [2.24, 2.45) is 17.6 Å². The predicted octanol–water partition coefficient (Wildman–Crippen LogP) is 4.00. The second-order valence-electron chi connectivity index (χ2n) is 5.98. The topological polar surface area (TPSA) is 26.0 Å². The van der Waals surface area contributed by atoms with Crippen LogP contribution in [0.2, 0.25) is 0 Å². The predicted molar refractivity (Wildman–Crippen MR) is 71.9 cm³/mol. The first-order valence-electron chi connectivity index (χ1n) is 7.12. The molecule has 0 bridgehead atoms. The molecule has 2 N–H and O–H groups in total. The van der Waals surface area contributed by atoms with Crippen molar-refractivity contribution < 1.29 is 0 Å². The molecule has 92 valence electrons. The number of rotatable bonds is 4. The smallest absolute Gasteiger partial charge is 0.0326 e. The number of hydrogen-bond donors (Lipinski definition) is 1. The van der Waals surface area contributed by atoms with E-state index in [1.54, 1.807) is 5.56 Å². The Labute approximate surface area is 104 Å². The highest BCUT2D eigenvalue weighted by molar-refractivity contribution is 5.34. The molecule has 2 atom stereocenters. The summed E-state index contributed by atoms with van der Waals surface area (Å²) in [6, 6.07) is 9.14. The molecular formula is C16H23N. The highest BCUT2D eigenvalue weighted by atomic mass is 14.7. The zero-order valence-electron chi connectivity index (χ0n) is 10.7. The summed E-state index contributed by atoms with van der Waals surface area (Å²) in [4.78, 5) is 0. The van der Waals surface area contributed by atoms with Gasteiger partial charge in [0, 0.05) is 6.04 Å². The van der Waals surface area contributed by atoms with Crippen molar-refractivity contribution in [1.82, 2.24) is 0 Å². The van der Waals surface area contributed by atoms with E-state index in [0.717, 1.165) is 11.8 Å². The molecule has 2 aliphatic rings. The minimum absolute atomic E-state index is 0.249. The molecule has 2 saturated carbocycles. The molecule has 0 spiro atoms. The number of nitrogens with two attached hydrogens (primary N) is 1. The van der Waals surface area contributed by atoms with Crippen LogP contribution < -0.4 is 5.73 Å². The lowest BCUT2D eigenvalue weighted by molar-refractivity contribution is 0.390. The molecule has 0 amide bonds. The van der Waals surface area contributed by atoms with Crippen LogP contribution in [0.15, 0.2) is 24.3 Å². The van der Waals surface area contributed by atoms with E-state index in [1.807, 2.05) is 0 Å². The molecule has 0 saturated heterocycles. The summed E-state index contributed by atoms with van der Waals surface area (Å²) in [5, 5.41) is 0. The highest BCUT2D eigenvalue weighted by Crippen LogP contribution is 2.45. The summed E-state index contributed by atoms with van der Waals surface area (Å²) in [6.07, 6.45) is 6.90. The second kappa shape index (κ2) is 4.45. The van der Waals surface area contributed by atoms with Gasteiger partial charge in [-0.15, -0.1) is 0 Å². The maximum atomic E-state index is 6.50. The van der Waals surface area contributed by atoms with Gasteiger partial charge in [0.2, 0.25) is 0 Å². The standard InChI is InChI=1S/C16H23N/c1-11(12-9-10-12)16(17)15-8-3-2-7-14(15)13-5-4-6-13/h2-3,7-8,11-13,16H,4-6,9-10,17H2,1H3. The average molecular weight is 229 g/mol. The van der Waals surface area contributed by atoms with Crippen LogP contribution >= 0.6 is 0 Å². The number of benzene rings is 1. The third kappa shape index (κ3) is 2.13. The molecule has 2 aliphatic carbocycles. The van der Waals surface area contributed by atoms with Gasteiger partial charge in [-0.1, -0.05) is 37.6 Å². The van der Waals surface area contributed by atoms with Crippen molar-refractivity contribution in [2.45, 2.75) is 51.0 Å². The van der Waals surface area contributed by atoms with Gasteiger partial charge in [-0.25, -0.2) is 0 Å². The lowest BCUT2D eigenvalue weighted by Gasteiger charge is -2.31. The van der Waals surface area contributed by atoms with E-state index in [9.17, 15) is 0 Å². The van der Waals surface area contributed by atoms with E-state index < -0.39 is 0 Å². The summed E-state index contributed by atoms with van der Waals surface area (Å²) in [5.74, 6) is 2.33. The second-order valence-corrected chi connectivity index (χ2v) is 5.98. The maximum absolute atomic E-state index is 6.50. The van der Waals surface area contributed by atoms with Crippen molar-refractivity contribution in [3.8, 4) is 0 Å². The summed E-state index contributed by atoms with van der Waals surface area (Å²) >= 11 is 0. The molecule has 0 radical (unpaired) electrons. The van der Waals surface area contributed by atoms with Crippen LogP contribution in [-0.4, -0.2) is 0 Å². The molecule has 2 fully saturated rings. The van der Waals surface area contributed by atoms with E-state index in [-0.39, 0.29) is 6.04 Å². The molecule has 2 unspecified atom stereocenters. The van der Waals surface area contributed by atoms with Crippen molar-refractivity contribution in [3.63, 3.8) is 0 Å². The first-order chi connectivity index (χ1) is 8.27. The Hall–Kier alpha value is -0.820. The molecule has 0 heterocycles. The summed E-state index contributed by atoms with van der Waals surface area (Å²) in [6.45, 7) is 2.33. The Morgan fingerprint density at radius 3 is 2.41 bits per heavy atom. The van der Waals surface area contributed by atoms with Crippen molar-refractivity contribution in [1.29, 1.82) is 0 Å². The Morgan fingerprint density at radius 2 is 1.82 bits per heavy atom. The van der Waals surface area contributed by atoms with E-state index in [2.05, 4.69) is 31.2 Å². The van der Waals surface area contributed by atoms with Crippen LogP contribution in [0.3, 0.4) is 0 Å². The zero-order chi connectivity index (χ0) is 11.8. The van der Waals surface area contributed by atoms with Crippen molar-refractivity contribution in [3.05, 3.63) is 35.4 Å². The lowest BCUT2D eigenvalue weighted by atomic mass is 9.75. The van der Waals surface area contributed by atoms with Gasteiger partial charge in [-0.2, -0.15) is 0 Å². The normalized spacial score (nSPS) is 24.1. The molecule has 3 rings (SSSR count). The molecule has 17 heavy (non-hydrogen) atoms. The molecular weight excluding hydrogens is 206 g/mol. The van der Waals surface area contributed by atoms with Crippen LogP contribution in [0.5, 0.6) is 0 Å². The Balaban J connectivity index is 1.84. The van der Waals surface area contributed by atoms with E-state index >= 15 is 0 Å². The molecule has 0 aliphatic heterocycles. The quantitative estimate of drug-likeness (QED) is 0.829. The van der Waals surface area contributed by atoms with Crippen LogP contribution in [0.25, 0.3) is 0 Å². The first kappa shape index (κ1) is 11.3. The minimum Gasteiger partial charge on any atom is -0.324 e. The Bertz CT molecular complexity index is 390. The average Bonchev–Trinajstić information content (AvgIpc) is 3.09. The molecule has 1 aromatic carbocycles. The van der Waals surface area contributed by atoms with Gasteiger partial charge in [0.1, 0.15) is 0 Å². The zero-order valence-corrected chi connectivity index (χ0v) is 10.7. The fraction of sp³-hybridized carbons (Fsp3) is 0.625. The van der Waals surface area contributed by atoms with Crippen LogP contribution in [-0.2, 0) is 0 Å². The van der Waals surface area contributed by atoms with Crippen LogP contribution in [0.1, 0.15) is 62.1 Å². The third-order valence-corrected chi connectivity index (χ3v) is 4.83. The Morgan fingerprint density at radius 1 is 1.12 bits per heavy atom. The highest BCUT2D eigenvalue weighted by Gasteiger charge is 2.34. The molecule has 1 heteroatoms. The lowest BCUT2D eigenvalue weighted by Crippen LogP contribution is -2.23. The van der Waals surface area contributed by atoms with Gasteiger partial charge in [0.25, 0.3) is 0 Å². The monoisotopic (exact) mass is 229 g/mol. The summed E-state index contributed by atoms with van der Waals surface area (Å²) in [5.41, 5.74) is 9.46. The number of hydrogen-bond acceptors (Lipinski definition) is 1. The minimum atomic E-state index is 0.249. The maximum Gasteiger partial charge on any atom is 0.0326 e. The van der Waals surface area contributed by atoms with E-state index in [1.165, 1.54) is 37.7 Å². The van der Waals surface area contributed by atoms with Crippen molar-refractivity contribution >= 4 is 0 Å². The van der Waals surface area contributed by atoms with Crippen LogP contribution in [0.4, 0.5) is 0 Å². The molecule has 1 nitrogen and oxygen atoms in total. The van der Waals surface area contributed by atoms with Gasteiger partial charge in [0.15, 0.2) is 0 Å². The van der Waals surface area contributed by atoms with Gasteiger partial charge in [-0.05, 0) is 54.6 Å². The fourth-order valence-corrected chi connectivity index (χ4v) is 3.10. The van der Waals surface area contributed by atoms with Gasteiger partial charge < -0.3 is 5.73 Å². The van der Waals surface area contributed by atoms with Gasteiger partial charge >= 0.3 is 0 Å². The van der Waals surface area contributed by atoms with E-state index in [4.69, 9.17) is 5.73 Å². The van der Waals surface area contributed by atoms with Gasteiger partial charge in [-0.3, -0.25) is 0 Å². The van der Waals surface area contributed by atoms with Crippen LogP contribution in [0, 0.1) is 11.8 Å². The fourth-order valence-electron chi connectivity index (χ4n) is 3.10.